The van der Waals surface area contributed by atoms with Crippen LogP contribution in [0.25, 0.3) is 0 Å². The summed E-state index contributed by atoms with van der Waals surface area (Å²) in [4.78, 5) is 28.4. The summed E-state index contributed by atoms with van der Waals surface area (Å²) < 4.78 is 0. The zero-order valence-electron chi connectivity index (χ0n) is 15.0. The molecule has 2 aliphatic rings. The van der Waals surface area contributed by atoms with Crippen molar-refractivity contribution in [3.8, 4) is 0 Å². The molecule has 3 amide bonds. The average molecular weight is 344 g/mol. The van der Waals surface area contributed by atoms with E-state index in [1.54, 1.807) is 4.90 Å². The van der Waals surface area contributed by atoms with E-state index in [0.29, 0.717) is 38.5 Å². The number of anilines is 1. The molecule has 0 spiro atoms. The van der Waals surface area contributed by atoms with Gasteiger partial charge in [0.2, 0.25) is 5.91 Å². The smallest absolute Gasteiger partial charge is 0.321 e. The highest BCUT2D eigenvalue weighted by molar-refractivity contribution is 5.89. The lowest BCUT2D eigenvalue weighted by atomic mass is 10.0. The van der Waals surface area contributed by atoms with Crippen LogP contribution in [0.2, 0.25) is 0 Å². The predicted octanol–water partition coefficient (Wildman–Crippen LogP) is 2.06. The Morgan fingerprint density at radius 2 is 1.96 bits per heavy atom. The van der Waals surface area contributed by atoms with Gasteiger partial charge in [-0.15, -0.1) is 0 Å². The molecule has 0 aliphatic carbocycles. The van der Waals surface area contributed by atoms with Crippen molar-refractivity contribution in [2.24, 2.45) is 5.92 Å². The molecule has 2 saturated heterocycles. The minimum absolute atomic E-state index is 0.0882. The Bertz CT molecular complexity index is 605. The number of hydrogen-bond donors (Lipinski definition) is 2. The summed E-state index contributed by atoms with van der Waals surface area (Å²) in [7, 11) is 0. The van der Waals surface area contributed by atoms with E-state index in [-0.39, 0.29) is 11.9 Å². The van der Waals surface area contributed by atoms with Crippen LogP contribution < -0.4 is 10.6 Å². The van der Waals surface area contributed by atoms with E-state index in [9.17, 15) is 9.59 Å². The molecule has 136 valence electrons. The fourth-order valence-electron chi connectivity index (χ4n) is 3.53. The molecule has 1 unspecified atom stereocenters. The molecular weight excluding hydrogens is 316 g/mol. The van der Waals surface area contributed by atoms with E-state index in [1.807, 2.05) is 36.1 Å². The lowest BCUT2D eigenvalue weighted by Gasteiger charge is -2.35. The van der Waals surface area contributed by atoms with Crippen molar-refractivity contribution in [1.82, 2.24) is 15.1 Å². The number of urea groups is 1. The fraction of sp³-hybridized carbons (Fsp3) is 0.579. The second kappa shape index (κ2) is 8.34. The Hall–Kier alpha value is -2.08. The van der Waals surface area contributed by atoms with Gasteiger partial charge in [-0.2, -0.15) is 0 Å². The lowest BCUT2D eigenvalue weighted by molar-refractivity contribution is -0.132. The molecule has 0 radical (unpaired) electrons. The Labute approximate surface area is 149 Å². The summed E-state index contributed by atoms with van der Waals surface area (Å²) in [6.45, 7) is 6.56. The molecule has 6 heteroatoms. The van der Waals surface area contributed by atoms with Crippen LogP contribution in [0.5, 0.6) is 0 Å². The van der Waals surface area contributed by atoms with Crippen molar-refractivity contribution in [2.75, 3.05) is 44.6 Å². The third-order valence-corrected chi connectivity index (χ3v) is 5.12. The first-order valence-electron chi connectivity index (χ1n) is 9.23. The Morgan fingerprint density at radius 3 is 2.64 bits per heavy atom. The number of hydrogen-bond acceptors (Lipinski definition) is 3. The van der Waals surface area contributed by atoms with Crippen LogP contribution in [0, 0.1) is 12.8 Å². The van der Waals surface area contributed by atoms with Crippen LogP contribution in [0.4, 0.5) is 10.5 Å². The Morgan fingerprint density at radius 1 is 1.20 bits per heavy atom. The van der Waals surface area contributed by atoms with Crippen LogP contribution in [0.1, 0.15) is 24.8 Å². The fourth-order valence-corrected chi connectivity index (χ4v) is 3.53. The van der Waals surface area contributed by atoms with Gasteiger partial charge in [-0.25, -0.2) is 4.79 Å². The summed E-state index contributed by atoms with van der Waals surface area (Å²) >= 11 is 0. The van der Waals surface area contributed by atoms with E-state index in [1.165, 1.54) is 6.42 Å². The minimum atomic E-state index is -0.0882. The van der Waals surface area contributed by atoms with Crippen molar-refractivity contribution >= 4 is 17.6 Å². The van der Waals surface area contributed by atoms with Crippen LogP contribution in [0.3, 0.4) is 0 Å². The highest BCUT2D eigenvalue weighted by Gasteiger charge is 2.25. The van der Waals surface area contributed by atoms with Gasteiger partial charge in [0.15, 0.2) is 0 Å². The van der Waals surface area contributed by atoms with Crippen molar-refractivity contribution in [3.05, 3.63) is 29.8 Å². The monoisotopic (exact) mass is 344 g/mol. The number of nitrogens with one attached hydrogen (secondary N) is 2. The molecule has 1 atom stereocenters. The quantitative estimate of drug-likeness (QED) is 0.879. The predicted molar refractivity (Wildman–Crippen MR) is 98.6 cm³/mol. The second-order valence-corrected chi connectivity index (χ2v) is 7.06. The minimum Gasteiger partial charge on any atom is -0.339 e. The molecule has 0 aromatic heterocycles. The number of nitrogens with zero attached hydrogens (tertiary/aromatic N) is 2. The Kier molecular flexibility index (Phi) is 5.91. The third-order valence-electron chi connectivity index (χ3n) is 5.12. The molecule has 2 N–H and O–H groups in total. The van der Waals surface area contributed by atoms with Gasteiger partial charge in [-0.1, -0.05) is 12.1 Å². The van der Waals surface area contributed by atoms with Gasteiger partial charge in [0, 0.05) is 38.3 Å². The van der Waals surface area contributed by atoms with Gasteiger partial charge in [0.05, 0.1) is 0 Å². The molecule has 2 fully saturated rings. The SMILES string of the molecule is Cc1cccc(NC(=O)N2CCN(C(=O)CCC3CCNC3)CC2)c1. The zero-order valence-corrected chi connectivity index (χ0v) is 15.0. The van der Waals surface area contributed by atoms with Gasteiger partial charge in [0.1, 0.15) is 0 Å². The maximum absolute atomic E-state index is 12.4. The number of amides is 3. The first-order chi connectivity index (χ1) is 12.1. The third kappa shape index (κ3) is 4.95. The number of benzene rings is 1. The van der Waals surface area contributed by atoms with Crippen LogP contribution in [-0.4, -0.2) is 61.0 Å². The summed E-state index contributed by atoms with van der Waals surface area (Å²) in [6, 6.07) is 7.69. The van der Waals surface area contributed by atoms with Crippen LogP contribution in [-0.2, 0) is 4.79 Å². The highest BCUT2D eigenvalue weighted by atomic mass is 16.2. The number of carbonyl (C=O) groups is 2. The molecule has 1 aromatic carbocycles. The largest absolute Gasteiger partial charge is 0.339 e. The van der Waals surface area contributed by atoms with Crippen molar-refractivity contribution in [3.63, 3.8) is 0 Å². The van der Waals surface area contributed by atoms with E-state index in [2.05, 4.69) is 10.6 Å². The van der Waals surface area contributed by atoms with E-state index in [0.717, 1.165) is 30.8 Å². The summed E-state index contributed by atoms with van der Waals surface area (Å²) in [6.07, 6.45) is 2.78. The van der Waals surface area contributed by atoms with Crippen molar-refractivity contribution < 1.29 is 9.59 Å². The standard InChI is InChI=1S/C19H28N4O2/c1-15-3-2-4-17(13-15)21-19(25)23-11-9-22(10-12-23)18(24)6-5-16-7-8-20-14-16/h2-4,13,16,20H,5-12,14H2,1H3,(H,21,25). The molecule has 0 bridgehead atoms. The molecule has 1 aromatic rings. The van der Waals surface area contributed by atoms with E-state index < -0.39 is 0 Å². The molecule has 6 nitrogen and oxygen atoms in total. The van der Waals surface area contributed by atoms with Crippen LogP contribution >= 0.6 is 0 Å². The van der Waals surface area contributed by atoms with Crippen molar-refractivity contribution in [1.29, 1.82) is 0 Å². The zero-order chi connectivity index (χ0) is 17.6. The number of carbonyl (C=O) groups excluding carboxylic acids is 2. The van der Waals surface area contributed by atoms with Gasteiger partial charge >= 0.3 is 6.03 Å². The van der Waals surface area contributed by atoms with Gasteiger partial charge in [-0.05, 0) is 56.5 Å². The molecule has 2 heterocycles. The average Bonchev–Trinajstić information content (AvgIpc) is 3.13. The first-order valence-corrected chi connectivity index (χ1v) is 9.23. The highest BCUT2D eigenvalue weighted by Crippen LogP contribution is 2.16. The molecule has 3 rings (SSSR count). The second-order valence-electron chi connectivity index (χ2n) is 7.06. The van der Waals surface area contributed by atoms with E-state index >= 15 is 0 Å². The van der Waals surface area contributed by atoms with E-state index in [4.69, 9.17) is 0 Å². The maximum Gasteiger partial charge on any atom is 0.321 e. The lowest BCUT2D eigenvalue weighted by Crippen LogP contribution is -2.51. The molecule has 2 aliphatic heterocycles. The van der Waals surface area contributed by atoms with Gasteiger partial charge in [0.25, 0.3) is 0 Å². The van der Waals surface area contributed by atoms with Gasteiger partial charge in [-0.3, -0.25) is 4.79 Å². The topological polar surface area (TPSA) is 64.7 Å². The van der Waals surface area contributed by atoms with Crippen molar-refractivity contribution in [2.45, 2.75) is 26.2 Å². The summed E-state index contributed by atoms with van der Waals surface area (Å²) in [5, 5.41) is 6.28. The van der Waals surface area contributed by atoms with Crippen LogP contribution in [0.15, 0.2) is 24.3 Å². The molecule has 25 heavy (non-hydrogen) atoms. The Balaban J connectivity index is 1.41. The molecule has 0 saturated carbocycles. The number of piperazine rings is 1. The summed E-state index contributed by atoms with van der Waals surface area (Å²) in [5.41, 5.74) is 1.93. The number of aryl methyl sites for hydroxylation is 1. The number of rotatable bonds is 4. The summed E-state index contributed by atoms with van der Waals surface area (Å²) in [5.74, 6) is 0.871. The molecular formula is C19H28N4O2. The maximum atomic E-state index is 12.4. The normalized spacial score (nSPS) is 20.6. The first kappa shape index (κ1) is 17.7. The van der Waals surface area contributed by atoms with Gasteiger partial charge < -0.3 is 20.4 Å².